The van der Waals surface area contributed by atoms with Crippen molar-refractivity contribution in [3.8, 4) is 0 Å². The molecule has 0 aromatic carbocycles. The van der Waals surface area contributed by atoms with Crippen LogP contribution in [0.1, 0.15) is 60.3 Å². The molecule has 3 rings (SSSR count). The quantitative estimate of drug-likeness (QED) is 0.467. The van der Waals surface area contributed by atoms with Gasteiger partial charge in [0.1, 0.15) is 12.2 Å². The highest BCUT2D eigenvalue weighted by molar-refractivity contribution is 5.86. The van der Waals surface area contributed by atoms with Gasteiger partial charge in [-0.3, -0.25) is 15.0 Å². The Kier molecular flexibility index (Phi) is 4.36. The van der Waals surface area contributed by atoms with E-state index < -0.39 is 11.0 Å². The Morgan fingerprint density at radius 2 is 1.92 bits per heavy atom. The van der Waals surface area contributed by atoms with E-state index in [9.17, 15) is 9.59 Å². The summed E-state index contributed by atoms with van der Waals surface area (Å²) in [6, 6.07) is 0. The Morgan fingerprint density at radius 3 is 2.56 bits per heavy atom. The van der Waals surface area contributed by atoms with Gasteiger partial charge in [-0.1, -0.05) is 6.92 Å². The number of carbonyl (C=O) groups is 2. The monoisotopic (exact) mass is 351 g/mol. The van der Waals surface area contributed by atoms with Crippen LogP contribution in [0, 0.1) is 28.6 Å². The SMILES string of the molecule is CCC(C)(C)C(=O)OC(C)(C)C(=N)OC1CC2CC3C(=O)OC1C3C2. The fourth-order valence-corrected chi connectivity index (χ4v) is 4.10. The second kappa shape index (κ2) is 5.99. The van der Waals surface area contributed by atoms with Gasteiger partial charge in [0.2, 0.25) is 5.90 Å². The highest BCUT2D eigenvalue weighted by Gasteiger charge is 2.58. The first kappa shape index (κ1) is 18.2. The largest absolute Gasteiger partial charge is 0.471 e. The molecular formula is C19H29NO5. The zero-order chi connectivity index (χ0) is 18.6. The molecule has 25 heavy (non-hydrogen) atoms. The van der Waals surface area contributed by atoms with Gasteiger partial charge in [0.05, 0.1) is 11.3 Å². The molecular weight excluding hydrogens is 322 g/mol. The van der Waals surface area contributed by atoms with Crippen LogP contribution in [-0.4, -0.2) is 35.6 Å². The molecule has 0 amide bonds. The summed E-state index contributed by atoms with van der Waals surface area (Å²) in [5.74, 6) is 0.139. The lowest BCUT2D eigenvalue weighted by Gasteiger charge is -2.36. The van der Waals surface area contributed by atoms with Gasteiger partial charge in [0.25, 0.3) is 0 Å². The Hall–Kier alpha value is -1.59. The number of hydrogen-bond acceptors (Lipinski definition) is 6. The summed E-state index contributed by atoms with van der Waals surface area (Å²) in [4.78, 5) is 24.3. The van der Waals surface area contributed by atoms with Crippen LogP contribution in [0.2, 0.25) is 0 Å². The van der Waals surface area contributed by atoms with Crippen molar-refractivity contribution in [1.29, 1.82) is 5.41 Å². The summed E-state index contributed by atoms with van der Waals surface area (Å²) < 4.78 is 17.0. The van der Waals surface area contributed by atoms with Crippen molar-refractivity contribution >= 4 is 17.8 Å². The molecule has 0 aromatic rings. The molecule has 6 heteroatoms. The first-order chi connectivity index (χ1) is 11.5. The minimum absolute atomic E-state index is 0.00831. The van der Waals surface area contributed by atoms with Gasteiger partial charge in [-0.15, -0.1) is 0 Å². The smallest absolute Gasteiger partial charge is 0.312 e. The van der Waals surface area contributed by atoms with Crippen molar-refractivity contribution in [2.45, 2.75) is 78.1 Å². The number of hydrogen-bond donors (Lipinski definition) is 1. The van der Waals surface area contributed by atoms with Crippen molar-refractivity contribution in [2.75, 3.05) is 0 Å². The van der Waals surface area contributed by atoms with Crippen LogP contribution in [0.25, 0.3) is 0 Å². The van der Waals surface area contributed by atoms with E-state index in [0.717, 1.165) is 19.3 Å². The predicted molar refractivity (Wildman–Crippen MR) is 91.0 cm³/mol. The number of rotatable bonds is 5. The Morgan fingerprint density at radius 1 is 1.24 bits per heavy atom. The molecule has 3 aliphatic rings. The first-order valence-corrected chi connectivity index (χ1v) is 9.24. The van der Waals surface area contributed by atoms with Crippen LogP contribution in [0.4, 0.5) is 0 Å². The van der Waals surface area contributed by atoms with Crippen molar-refractivity contribution in [2.24, 2.45) is 23.2 Å². The molecule has 1 aliphatic heterocycles. The first-order valence-electron chi connectivity index (χ1n) is 9.24. The molecule has 1 saturated heterocycles. The number of ether oxygens (including phenoxy) is 3. The maximum absolute atomic E-state index is 12.3. The normalized spacial score (nSPS) is 33.8. The number of esters is 2. The van der Waals surface area contributed by atoms with Gasteiger partial charge in [-0.2, -0.15) is 0 Å². The van der Waals surface area contributed by atoms with Crippen molar-refractivity contribution in [1.82, 2.24) is 0 Å². The maximum Gasteiger partial charge on any atom is 0.312 e. The van der Waals surface area contributed by atoms with Crippen LogP contribution in [0.15, 0.2) is 0 Å². The predicted octanol–water partition coefficient (Wildman–Crippen LogP) is 3.08. The number of nitrogens with one attached hydrogen (secondary N) is 1. The lowest BCUT2D eigenvalue weighted by molar-refractivity contribution is -0.164. The van der Waals surface area contributed by atoms with E-state index in [1.165, 1.54) is 0 Å². The molecule has 0 radical (unpaired) electrons. The van der Waals surface area contributed by atoms with Crippen LogP contribution >= 0.6 is 0 Å². The third-order valence-electron chi connectivity index (χ3n) is 6.22. The third-order valence-corrected chi connectivity index (χ3v) is 6.22. The van der Waals surface area contributed by atoms with Crippen molar-refractivity contribution in [3.05, 3.63) is 0 Å². The second-order valence-electron chi connectivity index (χ2n) is 8.87. The average molecular weight is 351 g/mol. The summed E-state index contributed by atoms with van der Waals surface area (Å²) in [5.41, 5.74) is -1.75. The lowest BCUT2D eigenvalue weighted by Crippen LogP contribution is -2.47. The molecule has 2 bridgehead atoms. The fraction of sp³-hybridized carbons (Fsp3) is 0.842. The average Bonchev–Trinajstić information content (AvgIpc) is 3.02. The maximum atomic E-state index is 12.3. The molecule has 5 atom stereocenters. The van der Waals surface area contributed by atoms with Gasteiger partial charge < -0.3 is 14.2 Å². The van der Waals surface area contributed by atoms with Crippen LogP contribution in [-0.2, 0) is 23.8 Å². The van der Waals surface area contributed by atoms with E-state index in [2.05, 4.69) is 0 Å². The van der Waals surface area contributed by atoms with E-state index in [1.807, 2.05) is 20.8 Å². The summed E-state index contributed by atoms with van der Waals surface area (Å²) in [5, 5.41) is 8.32. The number of fused-ring (bicyclic) bond motifs is 1. The van der Waals surface area contributed by atoms with Gasteiger partial charge in [0, 0.05) is 5.92 Å². The Labute approximate surface area is 149 Å². The molecule has 5 unspecified atom stereocenters. The summed E-state index contributed by atoms with van der Waals surface area (Å²) in [7, 11) is 0. The fourth-order valence-electron chi connectivity index (χ4n) is 4.10. The molecule has 1 N–H and O–H groups in total. The van der Waals surface area contributed by atoms with Crippen LogP contribution < -0.4 is 0 Å². The zero-order valence-electron chi connectivity index (χ0n) is 15.8. The third kappa shape index (κ3) is 3.15. The summed E-state index contributed by atoms with van der Waals surface area (Å²) in [6.45, 7) is 8.91. The van der Waals surface area contributed by atoms with E-state index in [4.69, 9.17) is 19.6 Å². The molecule has 1 heterocycles. The van der Waals surface area contributed by atoms with E-state index in [-0.39, 0.29) is 41.9 Å². The molecule has 6 nitrogen and oxygen atoms in total. The van der Waals surface area contributed by atoms with E-state index >= 15 is 0 Å². The standard InChI is InChI=1S/C19H29NO5/c1-6-18(2,3)17(22)25-19(4,5)16(20)23-13-9-10-7-11-12(8-10)15(21)24-14(11)13/h10-14,20H,6-9H2,1-5H3. The molecule has 140 valence electrons. The van der Waals surface area contributed by atoms with Gasteiger partial charge in [-0.05, 0) is 59.3 Å². The van der Waals surface area contributed by atoms with Crippen molar-refractivity contribution in [3.63, 3.8) is 0 Å². The van der Waals surface area contributed by atoms with Gasteiger partial charge >= 0.3 is 11.9 Å². The molecule has 3 fully saturated rings. The van der Waals surface area contributed by atoms with E-state index in [0.29, 0.717) is 12.3 Å². The highest BCUT2D eigenvalue weighted by Crippen LogP contribution is 2.52. The summed E-state index contributed by atoms with van der Waals surface area (Å²) in [6.07, 6.45) is 2.74. The highest BCUT2D eigenvalue weighted by atomic mass is 16.6. The molecule has 2 saturated carbocycles. The Bertz CT molecular complexity index is 597. The number of carbonyl (C=O) groups excluding carboxylic acids is 2. The second-order valence-corrected chi connectivity index (χ2v) is 8.87. The topological polar surface area (TPSA) is 85.7 Å². The Balaban J connectivity index is 1.65. The lowest BCUT2D eigenvalue weighted by atomic mass is 9.84. The summed E-state index contributed by atoms with van der Waals surface area (Å²) >= 11 is 0. The minimum Gasteiger partial charge on any atom is -0.471 e. The molecule has 2 aliphatic carbocycles. The van der Waals surface area contributed by atoms with Gasteiger partial charge in [-0.25, -0.2) is 0 Å². The van der Waals surface area contributed by atoms with Crippen LogP contribution in [0.5, 0.6) is 0 Å². The van der Waals surface area contributed by atoms with Crippen molar-refractivity contribution < 1.29 is 23.8 Å². The van der Waals surface area contributed by atoms with Gasteiger partial charge in [0.15, 0.2) is 5.60 Å². The minimum atomic E-state index is -1.15. The molecule has 0 aromatic heterocycles. The molecule has 0 spiro atoms. The van der Waals surface area contributed by atoms with E-state index in [1.54, 1.807) is 13.8 Å². The van der Waals surface area contributed by atoms with Crippen LogP contribution in [0.3, 0.4) is 0 Å². The zero-order valence-corrected chi connectivity index (χ0v) is 15.8.